The van der Waals surface area contributed by atoms with E-state index in [2.05, 4.69) is 42.1 Å². The summed E-state index contributed by atoms with van der Waals surface area (Å²) in [4.78, 5) is 4.30. The summed E-state index contributed by atoms with van der Waals surface area (Å²) in [5, 5.41) is 4.37. The zero-order valence-corrected chi connectivity index (χ0v) is 9.86. The molecule has 84 valence electrons. The van der Waals surface area contributed by atoms with Crippen molar-refractivity contribution in [1.82, 2.24) is 14.8 Å². The molecule has 0 spiro atoms. The monoisotopic (exact) mass is 216 g/mol. The van der Waals surface area contributed by atoms with Crippen LogP contribution in [0.4, 0.5) is 0 Å². The van der Waals surface area contributed by atoms with Gasteiger partial charge in [0, 0.05) is 0 Å². The van der Waals surface area contributed by atoms with Crippen molar-refractivity contribution in [3.8, 4) is 5.69 Å². The van der Waals surface area contributed by atoms with E-state index in [0.717, 1.165) is 17.3 Å². The molecule has 1 aromatic carbocycles. The van der Waals surface area contributed by atoms with E-state index in [-0.39, 0.29) is 0 Å². The summed E-state index contributed by atoms with van der Waals surface area (Å²) in [6.07, 6.45) is 0. The summed E-state index contributed by atoms with van der Waals surface area (Å²) in [6.45, 7) is 6.42. The minimum atomic E-state index is 0.397. The summed E-state index contributed by atoms with van der Waals surface area (Å²) in [5.74, 6) is 1.55. The number of benzene rings is 1. The van der Waals surface area contributed by atoms with E-state index < -0.39 is 0 Å². The fraction of sp³-hybridized carbons (Fsp3) is 0.333. The Bertz CT molecular complexity index is 514. The predicted molar refractivity (Wildman–Crippen MR) is 63.5 cm³/mol. The van der Waals surface area contributed by atoms with E-state index in [0.29, 0.717) is 6.54 Å². The second-order valence-corrected chi connectivity index (χ2v) is 3.98. The summed E-state index contributed by atoms with van der Waals surface area (Å²) < 4.78 is 1.82. The van der Waals surface area contributed by atoms with Crippen molar-refractivity contribution in [1.29, 1.82) is 0 Å². The second-order valence-electron chi connectivity index (χ2n) is 3.98. The van der Waals surface area contributed by atoms with Gasteiger partial charge in [0.05, 0.1) is 12.2 Å². The van der Waals surface area contributed by atoms with E-state index in [9.17, 15) is 0 Å². The standard InChI is InChI=1S/C12H16N4/c1-8-4-5-11(9(2)6-8)16-12(7-13)14-10(3)15-16/h4-6H,7,13H2,1-3H3. The first-order chi connectivity index (χ1) is 7.61. The van der Waals surface area contributed by atoms with Gasteiger partial charge in [0.25, 0.3) is 0 Å². The van der Waals surface area contributed by atoms with Gasteiger partial charge in [-0.3, -0.25) is 0 Å². The smallest absolute Gasteiger partial charge is 0.148 e. The highest BCUT2D eigenvalue weighted by molar-refractivity contribution is 5.42. The van der Waals surface area contributed by atoms with Crippen LogP contribution in [0.5, 0.6) is 0 Å². The Morgan fingerprint density at radius 3 is 2.62 bits per heavy atom. The van der Waals surface area contributed by atoms with Gasteiger partial charge < -0.3 is 5.73 Å². The van der Waals surface area contributed by atoms with Crippen LogP contribution in [0.3, 0.4) is 0 Å². The Labute approximate surface area is 95.1 Å². The van der Waals surface area contributed by atoms with Crippen molar-refractivity contribution in [2.24, 2.45) is 5.73 Å². The van der Waals surface area contributed by atoms with Gasteiger partial charge in [-0.15, -0.1) is 0 Å². The Hall–Kier alpha value is -1.68. The lowest BCUT2D eigenvalue weighted by molar-refractivity contribution is 0.781. The van der Waals surface area contributed by atoms with Gasteiger partial charge in [-0.05, 0) is 32.4 Å². The summed E-state index contributed by atoms with van der Waals surface area (Å²) in [7, 11) is 0. The van der Waals surface area contributed by atoms with Crippen molar-refractivity contribution in [2.75, 3.05) is 0 Å². The SMILES string of the molecule is Cc1ccc(-n2nc(C)nc2CN)c(C)c1. The minimum absolute atomic E-state index is 0.397. The highest BCUT2D eigenvalue weighted by Crippen LogP contribution is 2.16. The Morgan fingerprint density at radius 1 is 1.25 bits per heavy atom. The lowest BCUT2D eigenvalue weighted by Gasteiger charge is -2.08. The summed E-state index contributed by atoms with van der Waals surface area (Å²) >= 11 is 0. The molecule has 0 saturated carbocycles. The van der Waals surface area contributed by atoms with Crippen molar-refractivity contribution in [2.45, 2.75) is 27.3 Å². The van der Waals surface area contributed by atoms with Crippen LogP contribution in [-0.4, -0.2) is 14.8 Å². The number of hydrogen-bond acceptors (Lipinski definition) is 3. The molecule has 0 aliphatic heterocycles. The third-order valence-electron chi connectivity index (χ3n) is 2.54. The van der Waals surface area contributed by atoms with Crippen LogP contribution in [-0.2, 0) is 6.54 Å². The number of rotatable bonds is 2. The molecule has 2 N–H and O–H groups in total. The molecule has 2 rings (SSSR count). The molecule has 0 atom stereocenters. The molecular formula is C12H16N4. The molecule has 0 unspecified atom stereocenters. The quantitative estimate of drug-likeness (QED) is 0.830. The molecule has 0 aliphatic rings. The van der Waals surface area contributed by atoms with E-state index in [1.54, 1.807) is 0 Å². The van der Waals surface area contributed by atoms with Crippen molar-refractivity contribution >= 4 is 0 Å². The zero-order valence-electron chi connectivity index (χ0n) is 9.86. The minimum Gasteiger partial charge on any atom is -0.324 e. The van der Waals surface area contributed by atoms with Gasteiger partial charge in [0.15, 0.2) is 0 Å². The highest BCUT2D eigenvalue weighted by Gasteiger charge is 2.09. The molecule has 0 aliphatic carbocycles. The number of aryl methyl sites for hydroxylation is 3. The third-order valence-corrected chi connectivity index (χ3v) is 2.54. The number of hydrogen-bond donors (Lipinski definition) is 1. The molecule has 0 amide bonds. The van der Waals surface area contributed by atoms with Gasteiger partial charge in [0.2, 0.25) is 0 Å². The molecule has 0 bridgehead atoms. The molecule has 2 aromatic rings. The summed E-state index contributed by atoms with van der Waals surface area (Å²) in [5.41, 5.74) is 9.13. The molecule has 1 aromatic heterocycles. The maximum atomic E-state index is 5.66. The highest BCUT2D eigenvalue weighted by atomic mass is 15.4. The molecule has 4 nitrogen and oxygen atoms in total. The number of nitrogens with two attached hydrogens (primary N) is 1. The maximum Gasteiger partial charge on any atom is 0.148 e. The van der Waals surface area contributed by atoms with Gasteiger partial charge in [-0.2, -0.15) is 5.10 Å². The first-order valence-corrected chi connectivity index (χ1v) is 5.32. The van der Waals surface area contributed by atoms with Crippen LogP contribution in [0.25, 0.3) is 5.69 Å². The zero-order chi connectivity index (χ0) is 11.7. The number of nitrogens with zero attached hydrogens (tertiary/aromatic N) is 3. The van der Waals surface area contributed by atoms with Crippen LogP contribution >= 0.6 is 0 Å². The normalized spacial score (nSPS) is 10.8. The van der Waals surface area contributed by atoms with Crippen LogP contribution in [0, 0.1) is 20.8 Å². The van der Waals surface area contributed by atoms with Crippen LogP contribution in [0.15, 0.2) is 18.2 Å². The lowest BCUT2D eigenvalue weighted by Crippen LogP contribution is -2.09. The third kappa shape index (κ3) is 1.84. The Kier molecular flexibility index (Phi) is 2.75. The fourth-order valence-corrected chi connectivity index (χ4v) is 1.83. The van der Waals surface area contributed by atoms with Gasteiger partial charge in [0.1, 0.15) is 11.6 Å². The number of aromatic nitrogens is 3. The van der Waals surface area contributed by atoms with Crippen LogP contribution < -0.4 is 5.73 Å². The predicted octanol–water partition coefficient (Wildman–Crippen LogP) is 1.65. The first kappa shape index (κ1) is 10.8. The molecule has 16 heavy (non-hydrogen) atoms. The van der Waals surface area contributed by atoms with Crippen molar-refractivity contribution < 1.29 is 0 Å². The first-order valence-electron chi connectivity index (χ1n) is 5.32. The van der Waals surface area contributed by atoms with Crippen LogP contribution in [0.2, 0.25) is 0 Å². The maximum absolute atomic E-state index is 5.66. The van der Waals surface area contributed by atoms with Gasteiger partial charge in [-0.25, -0.2) is 9.67 Å². The van der Waals surface area contributed by atoms with E-state index >= 15 is 0 Å². The van der Waals surface area contributed by atoms with Crippen LogP contribution in [0.1, 0.15) is 22.8 Å². The van der Waals surface area contributed by atoms with E-state index in [1.807, 2.05) is 11.6 Å². The van der Waals surface area contributed by atoms with E-state index in [1.165, 1.54) is 11.1 Å². The molecule has 0 fully saturated rings. The van der Waals surface area contributed by atoms with Gasteiger partial charge >= 0.3 is 0 Å². The summed E-state index contributed by atoms with van der Waals surface area (Å²) in [6, 6.07) is 6.25. The van der Waals surface area contributed by atoms with E-state index in [4.69, 9.17) is 5.73 Å². The Morgan fingerprint density at radius 2 is 2.00 bits per heavy atom. The molecule has 0 radical (unpaired) electrons. The topological polar surface area (TPSA) is 56.7 Å². The molecule has 0 saturated heterocycles. The fourth-order valence-electron chi connectivity index (χ4n) is 1.83. The molecular weight excluding hydrogens is 200 g/mol. The van der Waals surface area contributed by atoms with Crippen molar-refractivity contribution in [3.05, 3.63) is 41.0 Å². The second kappa shape index (κ2) is 4.06. The Balaban J connectivity index is 2.57. The largest absolute Gasteiger partial charge is 0.324 e. The van der Waals surface area contributed by atoms with Crippen molar-refractivity contribution in [3.63, 3.8) is 0 Å². The van der Waals surface area contributed by atoms with Gasteiger partial charge in [-0.1, -0.05) is 17.7 Å². The lowest BCUT2D eigenvalue weighted by atomic mass is 10.1. The average Bonchev–Trinajstić information content (AvgIpc) is 2.59. The molecule has 1 heterocycles. The average molecular weight is 216 g/mol. The molecule has 4 heteroatoms.